The van der Waals surface area contributed by atoms with Crippen molar-refractivity contribution in [2.24, 2.45) is 0 Å². The normalized spacial score (nSPS) is 11.9. The molecule has 0 bridgehead atoms. The van der Waals surface area contributed by atoms with Crippen molar-refractivity contribution in [3.8, 4) is 5.75 Å². The van der Waals surface area contributed by atoms with Gasteiger partial charge in [-0.2, -0.15) is 0 Å². The van der Waals surface area contributed by atoms with E-state index in [4.69, 9.17) is 4.74 Å². The van der Waals surface area contributed by atoms with E-state index in [1.165, 1.54) is 11.3 Å². The van der Waals surface area contributed by atoms with Crippen molar-refractivity contribution in [1.82, 2.24) is 9.38 Å². The molecule has 7 heteroatoms. The molecule has 1 amide bonds. The number of carbonyl (C=O) groups is 1. The maximum Gasteiger partial charge on any atom is 0.274 e. The number of ether oxygens (including phenoxy) is 1. The summed E-state index contributed by atoms with van der Waals surface area (Å²) in [5.41, 5.74) is 5.22. The number of aromatic nitrogens is 2. The van der Waals surface area contributed by atoms with E-state index in [-0.39, 0.29) is 18.1 Å². The minimum Gasteiger partial charge on any atom is -0.483 e. The van der Waals surface area contributed by atoms with Crippen molar-refractivity contribution in [3.05, 3.63) is 98.3 Å². The van der Waals surface area contributed by atoms with Crippen LogP contribution in [0.1, 0.15) is 16.7 Å². The van der Waals surface area contributed by atoms with E-state index in [2.05, 4.69) is 10.3 Å². The fourth-order valence-corrected chi connectivity index (χ4v) is 4.63. The number of para-hydroxylation sites is 2. The van der Waals surface area contributed by atoms with Crippen LogP contribution in [0.3, 0.4) is 0 Å². The minimum absolute atomic E-state index is 0.114. The maximum absolute atomic E-state index is 13.2. The summed E-state index contributed by atoms with van der Waals surface area (Å²) < 4.78 is 7.99. The number of imidazole rings is 1. The first-order valence-corrected chi connectivity index (χ1v) is 11.3. The molecular weight excluding hydrogens is 434 g/mol. The molecule has 0 fully saturated rings. The van der Waals surface area contributed by atoms with Gasteiger partial charge in [-0.25, -0.2) is 9.38 Å². The predicted octanol–water partition coefficient (Wildman–Crippen LogP) is 4.09. The van der Waals surface area contributed by atoms with Crippen molar-refractivity contribution < 1.29 is 9.53 Å². The minimum atomic E-state index is -0.257. The quantitative estimate of drug-likeness (QED) is 0.433. The highest BCUT2D eigenvalue weighted by molar-refractivity contribution is 7.15. The van der Waals surface area contributed by atoms with Crippen molar-refractivity contribution in [3.63, 3.8) is 0 Å². The summed E-state index contributed by atoms with van der Waals surface area (Å²) in [5.74, 6) is 0.273. The number of rotatable bonds is 5. The number of thiazole rings is 1. The lowest BCUT2D eigenvalue weighted by molar-refractivity contribution is -0.118. The summed E-state index contributed by atoms with van der Waals surface area (Å²) in [7, 11) is 0. The number of benzene rings is 3. The summed E-state index contributed by atoms with van der Waals surface area (Å²) in [4.78, 5) is 30.7. The Morgan fingerprint density at radius 3 is 2.61 bits per heavy atom. The lowest BCUT2D eigenvalue weighted by atomic mass is 10.1. The van der Waals surface area contributed by atoms with Crippen LogP contribution in [0.4, 0.5) is 5.69 Å². The average Bonchev–Trinajstić information content (AvgIpc) is 3.30. The second-order valence-electron chi connectivity index (χ2n) is 7.81. The lowest BCUT2D eigenvalue weighted by Crippen LogP contribution is -2.23. The molecule has 5 rings (SSSR count). The molecule has 33 heavy (non-hydrogen) atoms. The van der Waals surface area contributed by atoms with Crippen molar-refractivity contribution in [1.29, 1.82) is 0 Å². The van der Waals surface area contributed by atoms with E-state index in [9.17, 15) is 9.59 Å². The predicted molar refractivity (Wildman–Crippen MR) is 132 cm³/mol. The third-order valence-corrected chi connectivity index (χ3v) is 6.45. The number of nitrogens with zero attached hydrogens (tertiary/aromatic N) is 2. The number of hydrogen-bond acceptors (Lipinski definition) is 5. The van der Waals surface area contributed by atoms with Crippen LogP contribution < -0.4 is 20.1 Å². The van der Waals surface area contributed by atoms with Gasteiger partial charge in [0.05, 0.1) is 15.6 Å². The average molecular weight is 456 g/mol. The van der Waals surface area contributed by atoms with E-state index in [1.54, 1.807) is 16.5 Å². The fraction of sp³-hybridized carbons (Fsp3) is 0.115. The first-order chi connectivity index (χ1) is 16.0. The van der Waals surface area contributed by atoms with Gasteiger partial charge in [-0.3, -0.25) is 9.59 Å². The zero-order valence-electron chi connectivity index (χ0n) is 18.2. The topological polar surface area (TPSA) is 72.7 Å². The standard InChI is InChI=1S/C26H21N3O3S/c1-16-12-20-21(13-17(16)2)29-25(31)23(33-26(29)28-20)14-18-8-6-7-11-22(18)32-15-24(30)27-19-9-4-3-5-10-19/h3-14H,15H2,1-2H3,(H,27,30)/b23-14-. The van der Waals surface area contributed by atoms with Crippen LogP contribution in [0.5, 0.6) is 5.75 Å². The first-order valence-electron chi connectivity index (χ1n) is 10.5. The van der Waals surface area contributed by atoms with Crippen LogP contribution in [-0.4, -0.2) is 21.9 Å². The van der Waals surface area contributed by atoms with Crippen molar-refractivity contribution >= 4 is 45.0 Å². The third-order valence-electron chi connectivity index (χ3n) is 5.48. The van der Waals surface area contributed by atoms with Gasteiger partial charge in [0.2, 0.25) is 0 Å². The van der Waals surface area contributed by atoms with Gasteiger partial charge in [0, 0.05) is 11.3 Å². The van der Waals surface area contributed by atoms with E-state index < -0.39 is 0 Å². The maximum atomic E-state index is 13.2. The second-order valence-corrected chi connectivity index (χ2v) is 8.82. The van der Waals surface area contributed by atoms with Crippen molar-refractivity contribution in [2.45, 2.75) is 13.8 Å². The molecule has 2 heterocycles. The summed E-state index contributed by atoms with van der Waals surface area (Å²) in [5, 5.41) is 2.80. The smallest absolute Gasteiger partial charge is 0.274 e. The first kappa shape index (κ1) is 20.9. The Morgan fingerprint density at radius 2 is 1.79 bits per heavy atom. The summed E-state index contributed by atoms with van der Waals surface area (Å²) in [6.45, 7) is 3.93. The van der Waals surface area contributed by atoms with Crippen LogP contribution in [0.2, 0.25) is 0 Å². The molecule has 6 nitrogen and oxygen atoms in total. The zero-order chi connectivity index (χ0) is 22.9. The molecule has 0 aliphatic rings. The second kappa shape index (κ2) is 8.52. The highest BCUT2D eigenvalue weighted by atomic mass is 32.1. The van der Waals surface area contributed by atoms with Gasteiger partial charge in [0.15, 0.2) is 11.6 Å². The van der Waals surface area contributed by atoms with Gasteiger partial charge in [-0.15, -0.1) is 0 Å². The molecule has 1 N–H and O–H groups in total. The monoisotopic (exact) mass is 455 g/mol. The van der Waals surface area contributed by atoms with Gasteiger partial charge in [-0.05, 0) is 61.4 Å². The number of nitrogens with one attached hydrogen (secondary N) is 1. The molecule has 0 unspecified atom stereocenters. The van der Waals surface area contributed by atoms with Crippen LogP contribution in [0, 0.1) is 13.8 Å². The number of anilines is 1. The molecule has 0 radical (unpaired) electrons. The van der Waals surface area contributed by atoms with Crippen LogP contribution >= 0.6 is 11.3 Å². The molecule has 0 saturated heterocycles. The zero-order valence-corrected chi connectivity index (χ0v) is 19.0. The molecule has 0 spiro atoms. The highest BCUT2D eigenvalue weighted by Crippen LogP contribution is 2.22. The summed E-state index contributed by atoms with van der Waals surface area (Å²) >= 11 is 1.34. The van der Waals surface area contributed by atoms with Gasteiger partial charge in [0.25, 0.3) is 11.5 Å². The van der Waals surface area contributed by atoms with Crippen LogP contribution in [0.15, 0.2) is 71.5 Å². The summed E-state index contributed by atoms with van der Waals surface area (Å²) in [6, 6.07) is 20.6. The van der Waals surface area contributed by atoms with E-state index >= 15 is 0 Å². The number of carbonyl (C=O) groups excluding carboxylic acids is 1. The molecule has 164 valence electrons. The molecule has 0 saturated carbocycles. The Morgan fingerprint density at radius 1 is 1.06 bits per heavy atom. The van der Waals surface area contributed by atoms with E-state index in [0.29, 0.717) is 20.9 Å². The fourth-order valence-electron chi connectivity index (χ4n) is 3.65. The summed E-state index contributed by atoms with van der Waals surface area (Å²) in [6.07, 6.45) is 1.79. The van der Waals surface area contributed by atoms with Gasteiger partial charge >= 0.3 is 0 Å². The Bertz CT molecular complexity index is 1600. The van der Waals surface area contributed by atoms with Crippen LogP contribution in [0.25, 0.3) is 22.1 Å². The molecule has 5 aromatic rings. The molecule has 2 aromatic heterocycles. The molecule has 3 aromatic carbocycles. The molecular formula is C26H21N3O3S. The number of hydrogen-bond donors (Lipinski definition) is 1. The molecule has 0 aliphatic carbocycles. The number of aryl methyl sites for hydroxylation is 2. The van der Waals surface area contributed by atoms with Crippen molar-refractivity contribution in [2.75, 3.05) is 11.9 Å². The number of amides is 1. The van der Waals surface area contributed by atoms with Gasteiger partial charge < -0.3 is 10.1 Å². The SMILES string of the molecule is Cc1cc2nc3s/c(=C\c4ccccc4OCC(=O)Nc4ccccc4)c(=O)n3c2cc1C. The van der Waals surface area contributed by atoms with E-state index in [1.807, 2.05) is 74.5 Å². The molecule has 0 atom stereocenters. The van der Waals surface area contributed by atoms with E-state index in [0.717, 1.165) is 27.7 Å². The Hall–Kier alpha value is -3.97. The lowest BCUT2D eigenvalue weighted by Gasteiger charge is -2.09. The highest BCUT2D eigenvalue weighted by Gasteiger charge is 2.13. The third kappa shape index (κ3) is 4.10. The molecule has 0 aliphatic heterocycles. The Kier molecular flexibility index (Phi) is 5.40. The van der Waals surface area contributed by atoms with Crippen LogP contribution in [-0.2, 0) is 4.79 Å². The number of fused-ring (bicyclic) bond motifs is 3. The van der Waals surface area contributed by atoms with Gasteiger partial charge in [0.1, 0.15) is 5.75 Å². The Labute approximate surface area is 193 Å². The largest absolute Gasteiger partial charge is 0.483 e. The van der Waals surface area contributed by atoms with Gasteiger partial charge in [-0.1, -0.05) is 47.7 Å². The Balaban J connectivity index is 1.45.